The van der Waals surface area contributed by atoms with E-state index in [0.717, 1.165) is 35.7 Å². The Labute approximate surface area is 319 Å². The molecule has 0 bridgehead atoms. The summed E-state index contributed by atoms with van der Waals surface area (Å²) in [6, 6.07) is 8.96. The van der Waals surface area contributed by atoms with Crippen LogP contribution >= 0.6 is 11.3 Å². The first kappa shape index (κ1) is 40.4. The monoisotopic (exact) mass is 793 g/mol. The minimum Gasteiger partial charge on any atom is -0.490 e. The molecule has 0 unspecified atom stereocenters. The second-order valence-corrected chi connectivity index (χ2v) is 15.6. The standard InChI is InChI=1S/C39H44F5N3O7S/c1-2-7-31-38(54-26-22-30(34(40)41)55-23-26,13-6-17-47(31)35(50)33-28(39(42,43)44)9-5-16-45-33)36(51)46-18-14-37(52,15-19-46)27-8-3-4-10-29(27)53-25-12-11-24(20-25)21-32(48)49/h3-5,8-10,16,22-25,31,34,52H,2,6-7,11-15,17-21H2,1H3,(H,48,49)/t24-,25-,31+,38-/m0/s1. The number of likely N-dealkylation sites (tertiary alicyclic amines) is 2. The van der Waals surface area contributed by atoms with Gasteiger partial charge >= 0.3 is 12.1 Å². The van der Waals surface area contributed by atoms with Gasteiger partial charge in [-0.3, -0.25) is 19.4 Å². The SMILES string of the molecule is CCC[C@H]1N(C(=O)c2ncccc2C(F)(F)F)CCC[C@@]1(Oc1csc(C(F)F)c1)C(=O)N1CCC(O)(c2ccccc2O[C@H]2CC[C@H](CC(=O)O)C2)CC1. The van der Waals surface area contributed by atoms with Gasteiger partial charge in [-0.05, 0) is 75.1 Å². The summed E-state index contributed by atoms with van der Waals surface area (Å²) >= 11 is 0.741. The molecule has 3 aliphatic rings. The number of piperidine rings is 2. The lowest BCUT2D eigenvalue weighted by atomic mass is 9.78. The molecule has 2 aliphatic heterocycles. The number of aliphatic carboxylic acids is 1. The lowest BCUT2D eigenvalue weighted by molar-refractivity contribution is -0.163. The van der Waals surface area contributed by atoms with E-state index in [2.05, 4.69) is 4.98 Å². The molecule has 6 rings (SSSR count). The van der Waals surface area contributed by atoms with Gasteiger partial charge in [0.1, 0.15) is 17.2 Å². The van der Waals surface area contributed by atoms with E-state index in [4.69, 9.17) is 9.47 Å². The molecule has 2 amide bonds. The molecule has 2 saturated heterocycles. The molecule has 10 nitrogen and oxygen atoms in total. The van der Waals surface area contributed by atoms with Gasteiger partial charge in [0.05, 0.1) is 28.2 Å². The summed E-state index contributed by atoms with van der Waals surface area (Å²) in [5.74, 6) is -2.00. The average Bonchev–Trinajstić information content (AvgIpc) is 3.81. The molecule has 1 saturated carbocycles. The van der Waals surface area contributed by atoms with Crippen molar-refractivity contribution < 1.29 is 56.0 Å². The first-order valence-electron chi connectivity index (χ1n) is 18.5. The van der Waals surface area contributed by atoms with Crippen LogP contribution < -0.4 is 9.47 Å². The number of rotatable bonds is 12. The number of carbonyl (C=O) groups excluding carboxylic acids is 2. The number of alkyl halides is 5. The molecule has 2 N–H and O–H groups in total. The number of para-hydroxylation sites is 1. The highest BCUT2D eigenvalue weighted by Crippen LogP contribution is 2.44. The Morgan fingerprint density at radius 1 is 1.05 bits per heavy atom. The predicted molar refractivity (Wildman–Crippen MR) is 191 cm³/mol. The van der Waals surface area contributed by atoms with Crippen molar-refractivity contribution in [1.82, 2.24) is 14.8 Å². The van der Waals surface area contributed by atoms with E-state index in [0.29, 0.717) is 37.0 Å². The smallest absolute Gasteiger partial charge is 0.418 e. The zero-order chi connectivity index (χ0) is 39.5. The highest BCUT2D eigenvalue weighted by Gasteiger charge is 2.56. The largest absolute Gasteiger partial charge is 0.490 e. The van der Waals surface area contributed by atoms with Gasteiger partial charge in [-0.1, -0.05) is 31.5 Å². The lowest BCUT2D eigenvalue weighted by Gasteiger charge is -2.51. The molecule has 4 atom stereocenters. The van der Waals surface area contributed by atoms with Crippen molar-refractivity contribution in [2.45, 2.75) is 107 Å². The molecule has 1 aromatic carbocycles. The van der Waals surface area contributed by atoms with E-state index in [9.17, 15) is 46.5 Å². The van der Waals surface area contributed by atoms with Crippen LogP contribution in [0.15, 0.2) is 54.0 Å². The van der Waals surface area contributed by atoms with Crippen molar-refractivity contribution in [2.75, 3.05) is 19.6 Å². The van der Waals surface area contributed by atoms with E-state index >= 15 is 0 Å². The maximum atomic E-state index is 15.0. The van der Waals surface area contributed by atoms with Crippen LogP contribution in [0, 0.1) is 5.92 Å². The summed E-state index contributed by atoms with van der Waals surface area (Å²) in [5.41, 5.74) is -4.77. The van der Waals surface area contributed by atoms with E-state index in [1.165, 1.54) is 15.2 Å². The van der Waals surface area contributed by atoms with Crippen LogP contribution in [-0.2, 0) is 21.4 Å². The van der Waals surface area contributed by atoms with Crippen LogP contribution in [0.5, 0.6) is 11.5 Å². The van der Waals surface area contributed by atoms with Crippen molar-refractivity contribution in [3.63, 3.8) is 0 Å². The van der Waals surface area contributed by atoms with Gasteiger partial charge in [-0.15, -0.1) is 11.3 Å². The van der Waals surface area contributed by atoms with Crippen LogP contribution in [0.3, 0.4) is 0 Å². The molecule has 1 aliphatic carbocycles. The summed E-state index contributed by atoms with van der Waals surface area (Å²) in [4.78, 5) is 46.5. The predicted octanol–water partition coefficient (Wildman–Crippen LogP) is 7.85. The number of nitrogens with zero attached hydrogens (tertiary/aromatic N) is 3. The fraction of sp³-hybridized carbons (Fsp3) is 0.538. The summed E-state index contributed by atoms with van der Waals surface area (Å²) in [5, 5.41) is 22.6. The Balaban J connectivity index is 1.28. The van der Waals surface area contributed by atoms with E-state index in [1.54, 1.807) is 31.2 Å². The zero-order valence-corrected chi connectivity index (χ0v) is 31.1. The van der Waals surface area contributed by atoms with Crippen molar-refractivity contribution in [2.24, 2.45) is 5.92 Å². The minimum atomic E-state index is -4.88. The Morgan fingerprint density at radius 3 is 2.47 bits per heavy atom. The molecular formula is C39H44F5N3O7S. The second-order valence-electron chi connectivity index (χ2n) is 14.6. The molecule has 16 heteroatoms. The molecule has 298 valence electrons. The summed E-state index contributed by atoms with van der Waals surface area (Å²) in [7, 11) is 0. The summed E-state index contributed by atoms with van der Waals surface area (Å²) in [6.07, 6.45) is -3.86. The van der Waals surface area contributed by atoms with Gasteiger partial charge in [0.2, 0.25) is 5.60 Å². The quantitative estimate of drug-likeness (QED) is 0.178. The Hall–Kier alpha value is -4.31. The fourth-order valence-corrected chi connectivity index (χ4v) is 9.03. The first-order valence-corrected chi connectivity index (χ1v) is 19.4. The number of benzene rings is 1. The average molecular weight is 794 g/mol. The van der Waals surface area contributed by atoms with Crippen LogP contribution in [0.4, 0.5) is 22.0 Å². The minimum absolute atomic E-state index is 0.00392. The van der Waals surface area contributed by atoms with Crippen molar-refractivity contribution >= 4 is 29.1 Å². The summed E-state index contributed by atoms with van der Waals surface area (Å²) < 4.78 is 82.3. The van der Waals surface area contributed by atoms with Gasteiger partial charge in [-0.2, -0.15) is 13.2 Å². The topological polar surface area (TPSA) is 130 Å². The van der Waals surface area contributed by atoms with Gasteiger partial charge in [-0.25, -0.2) is 8.78 Å². The molecule has 2 aromatic heterocycles. The first-order chi connectivity index (χ1) is 26.1. The molecule has 3 aromatic rings. The van der Waals surface area contributed by atoms with E-state index in [-0.39, 0.29) is 80.8 Å². The number of aliphatic hydroxyl groups is 1. The van der Waals surface area contributed by atoms with E-state index in [1.807, 2.05) is 0 Å². The Bertz CT molecular complexity index is 1850. The number of aromatic nitrogens is 1. The Morgan fingerprint density at radius 2 is 1.80 bits per heavy atom. The third-order valence-electron chi connectivity index (χ3n) is 11.0. The molecule has 0 spiro atoms. The third-order valence-corrected chi connectivity index (χ3v) is 11.9. The number of hydrogen-bond donors (Lipinski definition) is 2. The van der Waals surface area contributed by atoms with Gasteiger partial charge in [0, 0.05) is 49.6 Å². The number of hydrogen-bond acceptors (Lipinski definition) is 8. The third kappa shape index (κ3) is 8.59. The zero-order valence-electron chi connectivity index (χ0n) is 30.3. The molecule has 3 fully saturated rings. The van der Waals surface area contributed by atoms with E-state index < -0.39 is 58.9 Å². The number of carboxylic acid groups (broad SMARTS) is 1. The molecular weight excluding hydrogens is 749 g/mol. The molecule has 0 radical (unpaired) electrons. The molecule has 4 heterocycles. The maximum Gasteiger partial charge on any atom is 0.418 e. The number of ether oxygens (including phenoxy) is 2. The normalized spacial score (nSPS) is 24.2. The van der Waals surface area contributed by atoms with Crippen molar-refractivity contribution in [3.8, 4) is 11.5 Å². The number of thiophene rings is 1. The number of halogens is 5. The van der Waals surface area contributed by atoms with Crippen LogP contribution in [0.1, 0.15) is 104 Å². The van der Waals surface area contributed by atoms with Crippen LogP contribution in [0.25, 0.3) is 0 Å². The molecule has 55 heavy (non-hydrogen) atoms. The number of carboxylic acids is 1. The highest BCUT2D eigenvalue weighted by molar-refractivity contribution is 7.10. The van der Waals surface area contributed by atoms with Gasteiger partial charge in [0.15, 0.2) is 0 Å². The maximum absolute atomic E-state index is 15.0. The number of carbonyl (C=O) groups is 3. The number of pyridine rings is 1. The second kappa shape index (κ2) is 16.4. The van der Waals surface area contributed by atoms with Crippen molar-refractivity contribution in [3.05, 3.63) is 75.7 Å². The van der Waals surface area contributed by atoms with Gasteiger partial charge in [0.25, 0.3) is 18.2 Å². The fourth-order valence-electron chi connectivity index (χ4n) is 8.38. The Kier molecular flexibility index (Phi) is 12.1. The number of amides is 2. The summed E-state index contributed by atoms with van der Waals surface area (Å²) in [6.45, 7) is 1.88. The highest BCUT2D eigenvalue weighted by atomic mass is 32.1. The van der Waals surface area contributed by atoms with Gasteiger partial charge < -0.3 is 29.5 Å². The van der Waals surface area contributed by atoms with Crippen LogP contribution in [-0.4, -0.2) is 80.2 Å². The lowest BCUT2D eigenvalue weighted by Crippen LogP contribution is -2.68. The van der Waals surface area contributed by atoms with Crippen molar-refractivity contribution in [1.29, 1.82) is 0 Å². The van der Waals surface area contributed by atoms with Crippen LogP contribution in [0.2, 0.25) is 0 Å².